The molecule has 0 atom stereocenters. The number of aromatic amines is 1. The van der Waals surface area contributed by atoms with E-state index in [-0.39, 0.29) is 11.5 Å². The molecule has 2 heterocycles. The first kappa shape index (κ1) is 18.1. The van der Waals surface area contributed by atoms with Crippen LogP contribution in [-0.4, -0.2) is 40.9 Å². The topological polar surface area (TPSA) is 90.2 Å². The van der Waals surface area contributed by atoms with Crippen LogP contribution in [0.5, 0.6) is 11.5 Å². The molecule has 0 aliphatic rings. The van der Waals surface area contributed by atoms with Gasteiger partial charge in [0.05, 0.1) is 20.0 Å². The molecule has 0 aliphatic heterocycles. The van der Waals surface area contributed by atoms with Gasteiger partial charge in [-0.25, -0.2) is 0 Å². The zero-order valence-corrected chi connectivity index (χ0v) is 15.8. The number of Topliss-reactive ketones (excluding diaryl/α,β-unsaturated/α-hetero) is 1. The van der Waals surface area contributed by atoms with Gasteiger partial charge in [0.2, 0.25) is 5.89 Å². The number of hydrogen-bond acceptors (Lipinski definition) is 7. The number of nitrogens with zero attached hydrogens (tertiary/aromatic N) is 2. The highest BCUT2D eigenvalue weighted by molar-refractivity contribution is 7.99. The average Bonchev–Trinajstić information content (AvgIpc) is 3.25. The number of aryl methyl sites for hydroxylation is 2. The number of aromatic nitrogens is 3. The zero-order chi connectivity index (χ0) is 18.7. The number of benzene rings is 1. The van der Waals surface area contributed by atoms with E-state index in [1.807, 2.05) is 19.9 Å². The normalized spacial score (nSPS) is 10.8. The van der Waals surface area contributed by atoms with Gasteiger partial charge in [0.25, 0.3) is 5.22 Å². The highest BCUT2D eigenvalue weighted by atomic mass is 32.2. The number of ketones is 1. The third-order valence-corrected chi connectivity index (χ3v) is 4.60. The molecule has 3 aromatic rings. The number of H-pyrrole nitrogens is 1. The van der Waals surface area contributed by atoms with E-state index >= 15 is 0 Å². The number of carbonyl (C=O) groups is 1. The minimum absolute atomic E-state index is 0.0136. The van der Waals surface area contributed by atoms with Gasteiger partial charge in [-0.1, -0.05) is 11.8 Å². The first-order chi connectivity index (χ1) is 12.5. The second-order valence-corrected chi connectivity index (χ2v) is 6.60. The Morgan fingerprint density at radius 3 is 2.38 bits per heavy atom. The molecule has 136 valence electrons. The highest BCUT2D eigenvalue weighted by Gasteiger charge is 2.16. The number of hydrogen-bond donors (Lipinski definition) is 1. The predicted molar refractivity (Wildman–Crippen MR) is 98.2 cm³/mol. The summed E-state index contributed by atoms with van der Waals surface area (Å²) >= 11 is 1.21. The Morgan fingerprint density at radius 1 is 1.12 bits per heavy atom. The fraction of sp³-hybridized carbons (Fsp3) is 0.278. The van der Waals surface area contributed by atoms with Crippen molar-refractivity contribution in [1.29, 1.82) is 0 Å². The quantitative estimate of drug-likeness (QED) is 0.499. The zero-order valence-electron chi connectivity index (χ0n) is 15.0. The molecule has 0 fully saturated rings. The molecule has 3 rings (SSSR count). The Kier molecular flexibility index (Phi) is 5.32. The molecule has 0 bridgehead atoms. The summed E-state index contributed by atoms with van der Waals surface area (Å²) in [5.74, 6) is 1.83. The van der Waals surface area contributed by atoms with Crippen molar-refractivity contribution in [3.8, 4) is 23.0 Å². The van der Waals surface area contributed by atoms with Crippen LogP contribution in [0.15, 0.2) is 33.9 Å². The molecular weight excluding hydrogens is 354 g/mol. The van der Waals surface area contributed by atoms with Gasteiger partial charge >= 0.3 is 0 Å². The summed E-state index contributed by atoms with van der Waals surface area (Å²) in [7, 11) is 3.15. The van der Waals surface area contributed by atoms with E-state index in [2.05, 4.69) is 15.2 Å². The predicted octanol–water partition coefficient (Wildman–Crippen LogP) is 3.67. The van der Waals surface area contributed by atoms with Crippen molar-refractivity contribution >= 4 is 17.5 Å². The van der Waals surface area contributed by atoms with Gasteiger partial charge < -0.3 is 18.9 Å². The molecule has 7 nitrogen and oxygen atoms in total. The van der Waals surface area contributed by atoms with Crippen LogP contribution in [0, 0.1) is 13.8 Å². The van der Waals surface area contributed by atoms with E-state index in [0.29, 0.717) is 33.7 Å². The van der Waals surface area contributed by atoms with Gasteiger partial charge in [0.1, 0.15) is 11.5 Å². The molecule has 0 amide bonds. The molecule has 8 heteroatoms. The largest absolute Gasteiger partial charge is 0.497 e. The first-order valence-electron chi connectivity index (χ1n) is 7.89. The van der Waals surface area contributed by atoms with E-state index in [1.165, 1.54) is 11.8 Å². The maximum absolute atomic E-state index is 12.3. The minimum atomic E-state index is 0.0136. The molecule has 0 aliphatic carbocycles. The molecule has 0 saturated heterocycles. The number of carbonyl (C=O) groups excluding carboxylic acids is 1. The summed E-state index contributed by atoms with van der Waals surface area (Å²) in [6.07, 6.45) is 0. The first-order valence-corrected chi connectivity index (χ1v) is 8.88. The molecule has 1 aromatic carbocycles. The minimum Gasteiger partial charge on any atom is -0.497 e. The van der Waals surface area contributed by atoms with E-state index in [0.717, 1.165) is 11.4 Å². The smallest absolute Gasteiger partial charge is 0.277 e. The Balaban J connectivity index is 1.72. The molecule has 26 heavy (non-hydrogen) atoms. The fourth-order valence-electron chi connectivity index (χ4n) is 2.53. The number of thioether (sulfide) groups is 1. The third-order valence-electron chi connectivity index (χ3n) is 3.78. The van der Waals surface area contributed by atoms with Crippen LogP contribution in [0.25, 0.3) is 11.5 Å². The van der Waals surface area contributed by atoms with E-state index in [1.54, 1.807) is 32.4 Å². The second kappa shape index (κ2) is 7.65. The van der Waals surface area contributed by atoms with Crippen molar-refractivity contribution in [3.63, 3.8) is 0 Å². The summed E-state index contributed by atoms with van der Waals surface area (Å²) in [5, 5.41) is 8.38. The summed E-state index contributed by atoms with van der Waals surface area (Å²) in [5.41, 5.74) is 3.20. The van der Waals surface area contributed by atoms with Gasteiger partial charge in [0.15, 0.2) is 5.78 Å². The van der Waals surface area contributed by atoms with Crippen LogP contribution in [0.2, 0.25) is 0 Å². The van der Waals surface area contributed by atoms with Gasteiger partial charge in [0, 0.05) is 28.6 Å². The molecule has 2 aromatic heterocycles. The maximum Gasteiger partial charge on any atom is 0.277 e. The van der Waals surface area contributed by atoms with Crippen LogP contribution >= 0.6 is 11.8 Å². The maximum atomic E-state index is 12.3. The monoisotopic (exact) mass is 373 g/mol. The van der Waals surface area contributed by atoms with Gasteiger partial charge in [-0.15, -0.1) is 10.2 Å². The third kappa shape index (κ3) is 3.91. The molecule has 1 N–H and O–H groups in total. The van der Waals surface area contributed by atoms with Gasteiger partial charge in [-0.05, 0) is 32.0 Å². The Hall–Kier alpha value is -2.74. The molecular formula is C18H19N3O4S. The van der Waals surface area contributed by atoms with Crippen LogP contribution in [-0.2, 0) is 0 Å². The average molecular weight is 373 g/mol. The highest BCUT2D eigenvalue weighted by Crippen LogP contribution is 2.30. The van der Waals surface area contributed by atoms with Crippen molar-refractivity contribution in [3.05, 3.63) is 41.2 Å². The number of ether oxygens (including phenoxy) is 2. The van der Waals surface area contributed by atoms with Gasteiger partial charge in [-0.3, -0.25) is 4.79 Å². The standard InChI is InChI=1S/C18H19N3O4S/c1-10-5-15(11(2)19-10)16(22)9-26-18-21-20-17(25-18)12-6-13(23-3)8-14(7-12)24-4/h5-8,19H,9H2,1-4H3. The van der Waals surface area contributed by atoms with E-state index in [9.17, 15) is 4.79 Å². The molecule has 0 saturated carbocycles. The van der Waals surface area contributed by atoms with Crippen molar-refractivity contribution in [2.24, 2.45) is 0 Å². The summed E-state index contributed by atoms with van der Waals surface area (Å²) < 4.78 is 16.1. The van der Waals surface area contributed by atoms with Crippen molar-refractivity contribution in [1.82, 2.24) is 15.2 Å². The van der Waals surface area contributed by atoms with E-state index < -0.39 is 0 Å². The number of methoxy groups -OCH3 is 2. The summed E-state index contributed by atoms with van der Waals surface area (Å²) in [6.45, 7) is 3.80. The SMILES string of the molecule is COc1cc(OC)cc(-c2nnc(SCC(=O)c3cc(C)[nH]c3C)o2)c1. The van der Waals surface area contributed by atoms with Crippen molar-refractivity contribution in [2.45, 2.75) is 19.1 Å². The number of nitrogens with one attached hydrogen (secondary N) is 1. The van der Waals surface area contributed by atoms with Crippen molar-refractivity contribution < 1.29 is 18.7 Å². The van der Waals surface area contributed by atoms with Gasteiger partial charge in [-0.2, -0.15) is 0 Å². The summed E-state index contributed by atoms with van der Waals surface area (Å²) in [4.78, 5) is 15.5. The molecule has 0 spiro atoms. The van der Waals surface area contributed by atoms with Crippen LogP contribution in [0.3, 0.4) is 0 Å². The fourth-order valence-corrected chi connectivity index (χ4v) is 3.18. The molecule has 0 radical (unpaired) electrons. The van der Waals surface area contributed by atoms with Crippen LogP contribution in [0.1, 0.15) is 21.7 Å². The van der Waals surface area contributed by atoms with Crippen molar-refractivity contribution in [2.75, 3.05) is 20.0 Å². The lowest BCUT2D eigenvalue weighted by molar-refractivity contribution is 0.102. The lowest BCUT2D eigenvalue weighted by atomic mass is 10.2. The van der Waals surface area contributed by atoms with Crippen LogP contribution < -0.4 is 9.47 Å². The van der Waals surface area contributed by atoms with Crippen LogP contribution in [0.4, 0.5) is 0 Å². The second-order valence-electron chi connectivity index (χ2n) is 5.68. The number of rotatable bonds is 7. The Bertz CT molecular complexity index is 910. The lowest BCUT2D eigenvalue weighted by Gasteiger charge is -2.05. The summed E-state index contributed by atoms with van der Waals surface area (Å²) in [6, 6.07) is 7.17. The Morgan fingerprint density at radius 2 is 1.81 bits per heavy atom. The Labute approximate surface area is 155 Å². The lowest BCUT2D eigenvalue weighted by Crippen LogP contribution is -2.02. The molecule has 0 unspecified atom stereocenters. The van der Waals surface area contributed by atoms with E-state index in [4.69, 9.17) is 13.9 Å².